The van der Waals surface area contributed by atoms with E-state index in [0.717, 1.165) is 10.5 Å². The fourth-order valence-corrected chi connectivity index (χ4v) is 2.62. The number of thioether (sulfide) groups is 1. The maximum atomic E-state index is 2.34. The van der Waals surface area contributed by atoms with Gasteiger partial charge < -0.3 is 0 Å². The average molecular weight is 140 g/mol. The van der Waals surface area contributed by atoms with Crippen LogP contribution in [0.15, 0.2) is 12.2 Å². The molecule has 1 fully saturated rings. The molecule has 0 amide bonds. The van der Waals surface area contributed by atoms with Gasteiger partial charge in [0.2, 0.25) is 0 Å². The summed E-state index contributed by atoms with van der Waals surface area (Å²) in [6, 6.07) is 0. The normalized spacial score (nSPS) is 40.9. The smallest absolute Gasteiger partial charge is 0.0172 e. The summed E-state index contributed by atoms with van der Waals surface area (Å²) < 4.78 is 0. The summed E-state index contributed by atoms with van der Waals surface area (Å²) >= 11 is 2.19. The van der Waals surface area contributed by atoms with E-state index in [9.17, 15) is 0 Å². The third-order valence-electron chi connectivity index (χ3n) is 2.09. The molecule has 1 heteroatoms. The van der Waals surface area contributed by atoms with Crippen LogP contribution < -0.4 is 0 Å². The van der Waals surface area contributed by atoms with Crippen LogP contribution in [0, 0.1) is 0 Å². The molecular formula is C8H12S. The summed E-state index contributed by atoms with van der Waals surface area (Å²) in [4.78, 5) is 0. The Hall–Kier alpha value is 0.0900. The molecule has 0 aromatic carbocycles. The van der Waals surface area contributed by atoms with E-state index < -0.39 is 0 Å². The number of allylic oxidation sites excluding steroid dienone is 2. The molecular weight excluding hydrogens is 128 g/mol. The minimum absolute atomic E-state index is 1.05. The summed E-state index contributed by atoms with van der Waals surface area (Å²) in [7, 11) is 0. The van der Waals surface area contributed by atoms with E-state index in [1.165, 1.54) is 25.7 Å². The molecule has 50 valence electrons. The van der Waals surface area contributed by atoms with Gasteiger partial charge in [-0.25, -0.2) is 0 Å². The molecule has 2 aliphatic rings. The van der Waals surface area contributed by atoms with Gasteiger partial charge in [-0.3, -0.25) is 0 Å². The van der Waals surface area contributed by atoms with Gasteiger partial charge in [0.1, 0.15) is 0 Å². The molecule has 2 rings (SSSR count). The van der Waals surface area contributed by atoms with Crippen molar-refractivity contribution in [2.75, 3.05) is 0 Å². The molecule has 9 heavy (non-hydrogen) atoms. The maximum absolute atomic E-state index is 2.34. The van der Waals surface area contributed by atoms with Crippen molar-refractivity contribution in [2.45, 2.75) is 36.2 Å². The first kappa shape index (κ1) is 5.84. The standard InChI is InChI=1S/C8H12S/c1-2-4-6-8-7(9-8)5-3-1/h1-2,7-8H,3-6H2/t7-,8-/m0/s1. The molecule has 0 spiro atoms. The van der Waals surface area contributed by atoms with Gasteiger partial charge in [-0.05, 0) is 25.7 Å². The molecule has 0 nitrogen and oxygen atoms in total. The van der Waals surface area contributed by atoms with E-state index in [-0.39, 0.29) is 0 Å². The van der Waals surface area contributed by atoms with Crippen molar-refractivity contribution < 1.29 is 0 Å². The van der Waals surface area contributed by atoms with Crippen LogP contribution in [0.2, 0.25) is 0 Å². The first-order valence-corrected chi connectivity index (χ1v) is 4.71. The van der Waals surface area contributed by atoms with Crippen molar-refractivity contribution >= 4 is 11.8 Å². The topological polar surface area (TPSA) is 0 Å². The highest BCUT2D eigenvalue weighted by Crippen LogP contribution is 2.47. The highest BCUT2D eigenvalue weighted by molar-refractivity contribution is 8.07. The molecule has 1 aliphatic heterocycles. The van der Waals surface area contributed by atoms with Crippen LogP contribution in [0.25, 0.3) is 0 Å². The Morgan fingerprint density at radius 2 is 1.56 bits per heavy atom. The first-order chi connectivity index (χ1) is 4.47. The van der Waals surface area contributed by atoms with Gasteiger partial charge in [0.15, 0.2) is 0 Å². The zero-order valence-electron chi connectivity index (χ0n) is 5.55. The third-order valence-corrected chi connectivity index (χ3v) is 3.60. The van der Waals surface area contributed by atoms with E-state index in [4.69, 9.17) is 0 Å². The molecule has 0 unspecified atom stereocenters. The zero-order chi connectivity index (χ0) is 6.10. The van der Waals surface area contributed by atoms with Crippen LogP contribution in [-0.4, -0.2) is 10.5 Å². The van der Waals surface area contributed by atoms with Crippen LogP contribution in [0.1, 0.15) is 25.7 Å². The second-order valence-electron chi connectivity index (χ2n) is 2.84. The second kappa shape index (κ2) is 2.37. The molecule has 0 radical (unpaired) electrons. The van der Waals surface area contributed by atoms with Crippen LogP contribution in [0.3, 0.4) is 0 Å². The van der Waals surface area contributed by atoms with E-state index in [1.807, 2.05) is 0 Å². The monoisotopic (exact) mass is 140 g/mol. The Balaban J connectivity index is 1.91. The Morgan fingerprint density at radius 3 is 2.11 bits per heavy atom. The molecule has 2 atom stereocenters. The molecule has 0 aromatic rings. The lowest BCUT2D eigenvalue weighted by molar-refractivity contribution is 0.731. The molecule has 1 aliphatic carbocycles. The summed E-state index contributed by atoms with van der Waals surface area (Å²) in [5.41, 5.74) is 0. The molecule has 1 saturated heterocycles. The second-order valence-corrected chi connectivity index (χ2v) is 4.32. The largest absolute Gasteiger partial charge is 0.153 e. The van der Waals surface area contributed by atoms with Gasteiger partial charge in [0.25, 0.3) is 0 Å². The van der Waals surface area contributed by atoms with Crippen LogP contribution >= 0.6 is 11.8 Å². The Labute approximate surface area is 60.7 Å². The van der Waals surface area contributed by atoms with E-state index >= 15 is 0 Å². The maximum Gasteiger partial charge on any atom is 0.0172 e. The fourth-order valence-electron chi connectivity index (χ4n) is 1.44. The lowest BCUT2D eigenvalue weighted by atomic mass is 10.1. The molecule has 0 saturated carbocycles. The minimum Gasteiger partial charge on any atom is -0.153 e. The van der Waals surface area contributed by atoms with Gasteiger partial charge in [0, 0.05) is 10.5 Å². The third kappa shape index (κ3) is 1.32. The molecule has 0 bridgehead atoms. The van der Waals surface area contributed by atoms with Crippen molar-refractivity contribution in [3.63, 3.8) is 0 Å². The van der Waals surface area contributed by atoms with Crippen molar-refractivity contribution in [1.82, 2.24) is 0 Å². The van der Waals surface area contributed by atoms with Gasteiger partial charge in [-0.2, -0.15) is 11.8 Å². The van der Waals surface area contributed by atoms with E-state index in [2.05, 4.69) is 23.9 Å². The predicted molar refractivity (Wildman–Crippen MR) is 42.8 cm³/mol. The first-order valence-electron chi connectivity index (χ1n) is 3.77. The Morgan fingerprint density at radius 1 is 1.00 bits per heavy atom. The average Bonchev–Trinajstić information content (AvgIpc) is 2.46. The minimum atomic E-state index is 1.05. The fraction of sp³-hybridized carbons (Fsp3) is 0.750. The van der Waals surface area contributed by atoms with Crippen LogP contribution in [0.5, 0.6) is 0 Å². The molecule has 0 aromatic heterocycles. The van der Waals surface area contributed by atoms with E-state index in [1.54, 1.807) is 0 Å². The van der Waals surface area contributed by atoms with E-state index in [0.29, 0.717) is 0 Å². The number of hydrogen-bond acceptors (Lipinski definition) is 1. The highest BCUT2D eigenvalue weighted by atomic mass is 32.2. The Bertz CT molecular complexity index is 115. The van der Waals surface area contributed by atoms with Crippen LogP contribution in [-0.2, 0) is 0 Å². The lowest BCUT2D eigenvalue weighted by Gasteiger charge is -1.97. The summed E-state index contributed by atoms with van der Waals surface area (Å²) in [5, 5.41) is 2.10. The SMILES string of the molecule is C1=CCC[C@@H]2S[C@H]2CC1. The number of hydrogen-bond donors (Lipinski definition) is 0. The molecule has 1 heterocycles. The summed E-state index contributed by atoms with van der Waals surface area (Å²) in [6.45, 7) is 0. The van der Waals surface area contributed by atoms with Gasteiger partial charge in [-0.15, -0.1) is 0 Å². The van der Waals surface area contributed by atoms with Crippen molar-refractivity contribution in [2.24, 2.45) is 0 Å². The summed E-state index contributed by atoms with van der Waals surface area (Å²) in [6.07, 6.45) is 10.2. The van der Waals surface area contributed by atoms with Gasteiger partial charge in [-0.1, -0.05) is 12.2 Å². The quantitative estimate of drug-likeness (QED) is 0.368. The lowest BCUT2D eigenvalue weighted by Crippen LogP contribution is -1.94. The van der Waals surface area contributed by atoms with Crippen molar-refractivity contribution in [3.05, 3.63) is 12.2 Å². The predicted octanol–water partition coefficient (Wildman–Crippen LogP) is 2.60. The van der Waals surface area contributed by atoms with Crippen molar-refractivity contribution in [1.29, 1.82) is 0 Å². The number of fused-ring (bicyclic) bond motifs is 1. The summed E-state index contributed by atoms with van der Waals surface area (Å²) in [5.74, 6) is 0. The van der Waals surface area contributed by atoms with Gasteiger partial charge in [0.05, 0.1) is 0 Å². The zero-order valence-corrected chi connectivity index (χ0v) is 6.36. The van der Waals surface area contributed by atoms with Crippen molar-refractivity contribution in [3.8, 4) is 0 Å². The molecule has 0 N–H and O–H groups in total. The van der Waals surface area contributed by atoms with Crippen LogP contribution in [0.4, 0.5) is 0 Å². The highest BCUT2D eigenvalue weighted by Gasteiger charge is 2.36. The Kier molecular flexibility index (Phi) is 1.54. The van der Waals surface area contributed by atoms with Gasteiger partial charge >= 0.3 is 0 Å². The number of rotatable bonds is 0.